The van der Waals surface area contributed by atoms with Gasteiger partial charge < -0.3 is 87.2 Å². The molecule has 3 saturated heterocycles. The maximum absolute atomic E-state index is 13.7. The van der Waals surface area contributed by atoms with Crippen molar-refractivity contribution in [1.29, 1.82) is 0 Å². The summed E-state index contributed by atoms with van der Waals surface area (Å²) in [7, 11) is 5.82. The Morgan fingerprint density at radius 2 is 0.824 bits per heavy atom. The van der Waals surface area contributed by atoms with E-state index in [2.05, 4.69) is 120 Å². The van der Waals surface area contributed by atoms with Crippen molar-refractivity contribution in [2.24, 2.45) is 5.73 Å². The monoisotopic (exact) mass is 1790 g/mol. The molecule has 31 nitrogen and oxygen atoms in total. The number of carboxylic acids is 1. The minimum Gasteiger partial charge on any atom is -0.477 e. The molecule has 2 unspecified atom stereocenters. The van der Waals surface area contributed by atoms with Gasteiger partial charge in [0.2, 0.25) is 0 Å². The average Bonchev–Trinajstić information content (AvgIpc) is 1.61. The molecule has 2 amide bonds. The molecule has 6 fully saturated rings. The number of carbonyl (C=O) groups is 3. The Kier molecular flexibility index (Phi) is 26.7. The predicted octanol–water partition coefficient (Wildman–Crippen LogP) is 13.1. The summed E-state index contributed by atoms with van der Waals surface area (Å²) >= 11 is 0. The fraction of sp³-hybridized carbons (Fsp3) is 0.409. The van der Waals surface area contributed by atoms with Crippen LogP contribution in [0.3, 0.4) is 0 Å². The summed E-state index contributed by atoms with van der Waals surface area (Å²) in [6, 6.07) is 38.6. The van der Waals surface area contributed by atoms with Crippen molar-refractivity contribution < 1.29 is 69.4 Å². The van der Waals surface area contributed by atoms with Gasteiger partial charge in [-0.15, -0.1) is 0 Å². The van der Waals surface area contributed by atoms with Crippen LogP contribution in [0.1, 0.15) is 177 Å². The molecule has 3 saturated carbocycles. The minimum absolute atomic E-state index is 0. The van der Waals surface area contributed by atoms with Gasteiger partial charge in [-0.3, -0.25) is 9.59 Å². The van der Waals surface area contributed by atoms with E-state index in [1.54, 1.807) is 46.0 Å². The second-order valence-electron chi connectivity index (χ2n) is 34.1. The number of benzene rings is 2. The van der Waals surface area contributed by atoms with Crippen molar-refractivity contribution in [1.82, 2.24) is 83.1 Å². The third-order valence-electron chi connectivity index (χ3n) is 25.5. The summed E-state index contributed by atoms with van der Waals surface area (Å²) in [5, 5.41) is 66.3. The summed E-state index contributed by atoms with van der Waals surface area (Å²) in [5.74, 6) is 0.661. The number of nitrogens with zero attached hydrogens (tertiary/aromatic N) is 17. The molecular weight excluding hydrogens is 1680 g/mol. The molecule has 0 radical (unpaired) electrons. The van der Waals surface area contributed by atoms with Crippen molar-refractivity contribution in [3.8, 4) is 33.8 Å². The number of pyridine rings is 3. The maximum Gasteiger partial charge on any atom is 0.341 e. The molecule has 0 spiro atoms. The van der Waals surface area contributed by atoms with Gasteiger partial charge in [-0.25, -0.2) is 34.7 Å². The van der Waals surface area contributed by atoms with Crippen LogP contribution in [0.15, 0.2) is 171 Å². The van der Waals surface area contributed by atoms with E-state index < -0.39 is 22.8 Å². The van der Waals surface area contributed by atoms with Gasteiger partial charge in [0, 0.05) is 207 Å². The number of aromatic nitrogens is 15. The van der Waals surface area contributed by atoms with E-state index in [-0.39, 0.29) is 63.4 Å². The van der Waals surface area contributed by atoms with Gasteiger partial charge in [-0.1, -0.05) is 60.7 Å². The van der Waals surface area contributed by atoms with Crippen LogP contribution in [0.2, 0.25) is 0 Å². The Hall–Kier alpha value is -11.4. The summed E-state index contributed by atoms with van der Waals surface area (Å²) in [6.45, 7) is 11.0. The average molecular weight is 1790 g/mol. The molecule has 14 aromatic rings. The van der Waals surface area contributed by atoms with E-state index in [9.17, 15) is 34.8 Å². The van der Waals surface area contributed by atoms with E-state index in [4.69, 9.17) is 39.9 Å². The number of carboxylic acid groups (broad SMARTS) is 1. The molecule has 15 heterocycles. The number of fused-ring (bicyclic) bond motifs is 6. The number of anilines is 3. The summed E-state index contributed by atoms with van der Waals surface area (Å²) in [4.78, 5) is 72.0. The van der Waals surface area contributed by atoms with Crippen LogP contribution < -0.4 is 31.5 Å². The summed E-state index contributed by atoms with van der Waals surface area (Å²) < 4.78 is 28.5. The molecule has 6 aliphatic rings. The molecule has 32 heteroatoms. The molecular formula is C93H110N21O10Pd-. The standard InChI is InChI=1S/C33H37N7O3.C27H26N6O3.C26H31N7O3.C6H13NO.CH3.Pd/c1-33(42)14-6-11-28(33)37-32(41)25-19-35-40-29(38(2)20-22-8-4-3-5-9-22)18-27(36-31(25)40)26-21-39(23-12-16-43-17-13-23)30-24(26)10-7-15-34-30;1-31(16-18-6-3-2-4-7-18)24-14-23(30-26-21(27(34)35)15-29-33(24)26)22-17-32(19-9-12-36-13-10-19)25-20(22)8-5-11-28-25;1-26(35)9-3-6-21(26)31-25(34)18-14-29-33-22(27-2)13-20(30-24(18)33)19-15-32(16-7-11-36-12-8-16)23-17(19)5-4-10-28-23;1-6(8)4-2-3-5(6)7;;/h3-5,7-10,15,18-19,21,23,28,42H,6,11-14,16-17,20H2,1-2H3,(H,37,41);2-8,11,14-15,17,19H,9-10,12-13,16H2,1H3,(H,34,35);4-5,10,13-16,21,27,35H,3,6-9,11-12H2,1-2H3,(H,31,34);5,8H,2-4,7H2,1H3;1H3;/q;;;;-1;/t28?,33-;;21?,26-;5-,6-;;/m0.00../s1. The van der Waals surface area contributed by atoms with E-state index in [1.165, 1.54) is 6.20 Å². The van der Waals surface area contributed by atoms with E-state index in [0.717, 1.165) is 213 Å². The number of hydrogen-bond acceptors (Lipinski definition) is 22. The number of hydrogen-bond donors (Lipinski definition) is 8. The SMILES string of the molecule is CN(Cc1ccccc1)c1cc(-c2cn(C3CCOCC3)c3ncccc23)nc2c(C(=O)NC3CCC[C@]3(C)O)cnn12.CN(Cc1ccccc1)c1cc(-c2cn(C3CCOCC3)c3ncccc23)nc2c(C(=O)O)cnn12.CNc1cc(-c2cn(C3CCOCC3)c3ncccc23)nc2c(C(=O)NC3CCC[C@]3(C)O)cnn12.C[C@]1(O)CCC[C@@H]1N.[CH3-].[Pd]. The predicted molar refractivity (Wildman–Crippen MR) is 476 cm³/mol. The van der Waals surface area contributed by atoms with Crippen LogP contribution in [0, 0.1) is 7.43 Å². The number of aromatic carboxylic acids is 1. The third kappa shape index (κ3) is 18.4. The number of nitrogens with one attached hydrogen (secondary N) is 3. The second kappa shape index (κ2) is 37.8. The Morgan fingerprint density at radius 3 is 1.17 bits per heavy atom. The van der Waals surface area contributed by atoms with Crippen LogP contribution in [0.5, 0.6) is 0 Å². The van der Waals surface area contributed by atoms with Crippen molar-refractivity contribution in [3.63, 3.8) is 0 Å². The number of rotatable bonds is 18. The Balaban J connectivity index is 0.000000138. The molecule has 20 rings (SSSR count). The summed E-state index contributed by atoms with van der Waals surface area (Å²) in [6.07, 6.45) is 29.4. The number of aliphatic hydroxyl groups is 3. The Bertz CT molecular complexity index is 6140. The molecule has 125 heavy (non-hydrogen) atoms. The molecule has 0 bridgehead atoms. The van der Waals surface area contributed by atoms with Crippen molar-refractivity contribution in [3.05, 3.63) is 206 Å². The van der Waals surface area contributed by atoms with Gasteiger partial charge in [0.1, 0.15) is 51.1 Å². The minimum atomic E-state index is -1.06. The first-order valence-electron chi connectivity index (χ1n) is 42.8. The fourth-order valence-corrected chi connectivity index (χ4v) is 18.3. The zero-order valence-electron chi connectivity index (χ0n) is 71.6. The van der Waals surface area contributed by atoms with Crippen LogP contribution >= 0.6 is 0 Å². The van der Waals surface area contributed by atoms with Crippen LogP contribution in [0.4, 0.5) is 17.5 Å². The van der Waals surface area contributed by atoms with E-state index in [1.807, 2.05) is 119 Å². The van der Waals surface area contributed by atoms with Crippen LogP contribution in [0.25, 0.3) is 83.8 Å². The molecule has 9 N–H and O–H groups in total. The van der Waals surface area contributed by atoms with Gasteiger partial charge >= 0.3 is 5.97 Å². The smallest absolute Gasteiger partial charge is 0.341 e. The van der Waals surface area contributed by atoms with Gasteiger partial charge in [-0.05, 0) is 165 Å². The first-order valence-corrected chi connectivity index (χ1v) is 42.8. The molecule has 2 aromatic carbocycles. The van der Waals surface area contributed by atoms with E-state index in [0.29, 0.717) is 77.8 Å². The Labute approximate surface area is 738 Å². The zero-order valence-corrected chi connectivity index (χ0v) is 73.2. The molecule has 12 aromatic heterocycles. The quantitative estimate of drug-likeness (QED) is 0.0292. The maximum atomic E-state index is 13.7. The number of ether oxygens (including phenoxy) is 3. The van der Waals surface area contributed by atoms with Gasteiger partial charge in [0.25, 0.3) is 11.8 Å². The first-order chi connectivity index (χ1) is 59.6. The van der Waals surface area contributed by atoms with Crippen LogP contribution in [-0.2, 0) is 47.7 Å². The van der Waals surface area contributed by atoms with E-state index >= 15 is 0 Å². The molecule has 3 aliphatic heterocycles. The number of carbonyl (C=O) groups excluding carboxylic acids is 2. The van der Waals surface area contributed by atoms with Gasteiger partial charge in [-0.2, -0.15) is 28.8 Å². The Morgan fingerprint density at radius 1 is 0.472 bits per heavy atom. The van der Waals surface area contributed by atoms with Crippen molar-refractivity contribution >= 4 is 85.3 Å². The van der Waals surface area contributed by atoms with Crippen LogP contribution in [-0.4, -0.2) is 206 Å². The second-order valence-corrected chi connectivity index (χ2v) is 34.1. The van der Waals surface area contributed by atoms with Crippen molar-refractivity contribution in [2.45, 2.75) is 183 Å². The topological polar surface area (TPSA) is 372 Å². The molecule has 6 atom stereocenters. The number of amides is 2. The normalized spacial score (nSPS) is 21.1. The zero-order chi connectivity index (χ0) is 85.3. The molecule has 3 aliphatic carbocycles. The third-order valence-corrected chi connectivity index (χ3v) is 25.5. The van der Waals surface area contributed by atoms with Crippen molar-refractivity contribution in [2.75, 3.05) is 75.9 Å². The van der Waals surface area contributed by atoms with Gasteiger partial charge in [0.05, 0.1) is 64.6 Å². The first kappa shape index (κ1) is 88.4. The van der Waals surface area contributed by atoms with Gasteiger partial charge in [0.15, 0.2) is 16.9 Å². The largest absolute Gasteiger partial charge is 0.477 e. The summed E-state index contributed by atoms with van der Waals surface area (Å²) in [5.41, 5.74) is 15.2. The molecule has 658 valence electrons. The fourth-order valence-electron chi connectivity index (χ4n) is 18.3. The number of nitrogens with two attached hydrogens (primary N) is 1.